The maximum Gasteiger partial charge on any atom is 0.0780 e. The molecule has 0 saturated heterocycles. The molecule has 3 aromatic carbocycles. The second-order valence-corrected chi connectivity index (χ2v) is 8.58. The van der Waals surface area contributed by atoms with Crippen molar-refractivity contribution < 1.29 is 0 Å². The molecule has 0 bridgehead atoms. The third-order valence-electron chi connectivity index (χ3n) is 6.32. The van der Waals surface area contributed by atoms with Crippen LogP contribution in [-0.4, -0.2) is 36.6 Å². The Kier molecular flexibility index (Phi) is 7.31. The first-order valence-corrected chi connectivity index (χ1v) is 11.5. The maximum absolute atomic E-state index is 4.61. The van der Waals surface area contributed by atoms with Crippen molar-refractivity contribution in [1.82, 2.24) is 15.2 Å². The second-order valence-electron chi connectivity index (χ2n) is 8.58. The molecule has 0 aliphatic heterocycles. The minimum atomic E-state index is 0.998. The lowest BCUT2D eigenvalue weighted by atomic mass is 10.00. The fourth-order valence-corrected chi connectivity index (χ4v) is 4.34. The number of pyridine rings is 1. The first-order valence-electron chi connectivity index (χ1n) is 11.5. The lowest BCUT2D eigenvalue weighted by molar-refractivity contribution is 0.269. The molecule has 32 heavy (non-hydrogen) atoms. The number of hydrogen-bond acceptors (Lipinski definition) is 3. The minimum absolute atomic E-state index is 0.998. The molecule has 3 nitrogen and oxygen atoms in total. The molecule has 0 atom stereocenters. The predicted molar refractivity (Wildman–Crippen MR) is 136 cm³/mol. The Morgan fingerprint density at radius 2 is 1.53 bits per heavy atom. The summed E-state index contributed by atoms with van der Waals surface area (Å²) in [6.45, 7) is 8.53. The lowest BCUT2D eigenvalue weighted by Gasteiger charge is -2.24. The van der Waals surface area contributed by atoms with Crippen LogP contribution in [0.2, 0.25) is 0 Å². The van der Waals surface area contributed by atoms with E-state index in [4.69, 9.17) is 0 Å². The van der Waals surface area contributed by atoms with Crippen LogP contribution in [0.25, 0.3) is 22.0 Å². The van der Waals surface area contributed by atoms with E-state index in [0.29, 0.717) is 0 Å². The average molecular weight is 424 g/mol. The summed E-state index contributed by atoms with van der Waals surface area (Å²) in [4.78, 5) is 7.17. The van der Waals surface area contributed by atoms with Gasteiger partial charge in [0.15, 0.2) is 0 Å². The van der Waals surface area contributed by atoms with Crippen LogP contribution in [0.4, 0.5) is 0 Å². The van der Waals surface area contributed by atoms with Gasteiger partial charge < -0.3 is 5.32 Å². The summed E-state index contributed by atoms with van der Waals surface area (Å²) in [6.07, 6.45) is 2.92. The van der Waals surface area contributed by atoms with E-state index in [-0.39, 0.29) is 0 Å². The van der Waals surface area contributed by atoms with Gasteiger partial charge in [0.25, 0.3) is 0 Å². The van der Waals surface area contributed by atoms with Gasteiger partial charge in [0.05, 0.1) is 5.52 Å². The zero-order valence-corrected chi connectivity index (χ0v) is 19.4. The smallest absolute Gasteiger partial charge is 0.0780 e. The Morgan fingerprint density at radius 3 is 2.28 bits per heavy atom. The Labute approximate surface area is 192 Å². The van der Waals surface area contributed by atoms with E-state index in [2.05, 4.69) is 95.8 Å². The van der Waals surface area contributed by atoms with Crippen LogP contribution >= 0.6 is 0 Å². The molecular formula is C29H33N3. The fourth-order valence-electron chi connectivity index (χ4n) is 4.34. The van der Waals surface area contributed by atoms with E-state index in [1.165, 1.54) is 38.8 Å². The van der Waals surface area contributed by atoms with Gasteiger partial charge in [-0.05, 0) is 61.2 Å². The lowest BCUT2D eigenvalue weighted by Crippen LogP contribution is -2.32. The molecule has 0 amide bonds. The molecule has 1 N–H and O–H groups in total. The third-order valence-corrected chi connectivity index (χ3v) is 6.32. The summed E-state index contributed by atoms with van der Waals surface area (Å²) >= 11 is 0. The van der Waals surface area contributed by atoms with Crippen LogP contribution in [0.3, 0.4) is 0 Å². The van der Waals surface area contributed by atoms with Crippen molar-refractivity contribution in [2.75, 3.05) is 26.7 Å². The summed E-state index contributed by atoms with van der Waals surface area (Å²) in [5.41, 5.74) is 9.08. The Bertz CT molecular complexity index is 1140. The van der Waals surface area contributed by atoms with E-state index in [0.717, 1.165) is 38.1 Å². The Hall–Kier alpha value is -3.01. The molecule has 4 rings (SSSR count). The van der Waals surface area contributed by atoms with Crippen molar-refractivity contribution >= 4 is 10.9 Å². The molecule has 0 aliphatic rings. The average Bonchev–Trinajstić information content (AvgIpc) is 2.83. The summed E-state index contributed by atoms with van der Waals surface area (Å²) in [5.74, 6) is 0. The number of benzene rings is 3. The zero-order valence-electron chi connectivity index (χ0n) is 19.4. The number of fused-ring (bicyclic) bond motifs is 1. The highest BCUT2D eigenvalue weighted by Crippen LogP contribution is 2.27. The van der Waals surface area contributed by atoms with Gasteiger partial charge in [-0.3, -0.25) is 9.88 Å². The maximum atomic E-state index is 4.61. The molecular weight excluding hydrogens is 390 g/mol. The number of aromatic nitrogens is 1. The van der Waals surface area contributed by atoms with Gasteiger partial charge in [0.2, 0.25) is 0 Å². The SMILES string of the molecule is CNCCN(CCc1ccc(-c2cccc3cccnc23)cc1)Cc1c(C)cccc1C. The van der Waals surface area contributed by atoms with E-state index < -0.39 is 0 Å². The molecule has 0 radical (unpaired) electrons. The van der Waals surface area contributed by atoms with Crippen molar-refractivity contribution in [2.45, 2.75) is 26.8 Å². The largest absolute Gasteiger partial charge is 0.318 e. The van der Waals surface area contributed by atoms with Crippen molar-refractivity contribution in [3.63, 3.8) is 0 Å². The summed E-state index contributed by atoms with van der Waals surface area (Å²) < 4.78 is 0. The van der Waals surface area contributed by atoms with Gasteiger partial charge in [0.1, 0.15) is 0 Å². The summed E-state index contributed by atoms with van der Waals surface area (Å²) in [7, 11) is 2.03. The van der Waals surface area contributed by atoms with Crippen LogP contribution in [0.15, 0.2) is 79.0 Å². The van der Waals surface area contributed by atoms with Crippen molar-refractivity contribution in [2.24, 2.45) is 0 Å². The number of nitrogens with one attached hydrogen (secondary N) is 1. The number of nitrogens with zero attached hydrogens (tertiary/aromatic N) is 2. The quantitative estimate of drug-likeness (QED) is 0.370. The van der Waals surface area contributed by atoms with Gasteiger partial charge in [-0.2, -0.15) is 0 Å². The van der Waals surface area contributed by atoms with Crippen LogP contribution in [0.5, 0.6) is 0 Å². The molecule has 1 heterocycles. The normalized spacial score (nSPS) is 11.4. The van der Waals surface area contributed by atoms with Gasteiger partial charge in [-0.1, -0.05) is 66.7 Å². The molecule has 0 saturated carbocycles. The molecule has 0 aliphatic carbocycles. The van der Waals surface area contributed by atoms with E-state index in [1.807, 2.05) is 19.3 Å². The highest BCUT2D eigenvalue weighted by atomic mass is 15.1. The summed E-state index contributed by atoms with van der Waals surface area (Å²) in [5, 5.41) is 4.49. The molecule has 164 valence electrons. The van der Waals surface area contributed by atoms with Gasteiger partial charge >= 0.3 is 0 Å². The Morgan fingerprint density at radius 1 is 0.812 bits per heavy atom. The number of hydrogen-bond donors (Lipinski definition) is 1. The Balaban J connectivity index is 1.46. The highest BCUT2D eigenvalue weighted by molar-refractivity contribution is 5.93. The molecule has 1 aromatic heterocycles. The molecule has 3 heteroatoms. The van der Waals surface area contributed by atoms with E-state index >= 15 is 0 Å². The zero-order chi connectivity index (χ0) is 22.3. The number of likely N-dealkylation sites (N-methyl/N-ethyl adjacent to an activating group) is 1. The predicted octanol–water partition coefficient (Wildman–Crippen LogP) is 5.78. The van der Waals surface area contributed by atoms with Crippen LogP contribution < -0.4 is 5.32 Å². The highest BCUT2D eigenvalue weighted by Gasteiger charge is 2.11. The van der Waals surface area contributed by atoms with Crippen LogP contribution in [-0.2, 0) is 13.0 Å². The van der Waals surface area contributed by atoms with E-state index in [9.17, 15) is 0 Å². The molecule has 0 fully saturated rings. The summed E-state index contributed by atoms with van der Waals surface area (Å²) in [6, 6.07) is 26.1. The first-order chi connectivity index (χ1) is 15.7. The van der Waals surface area contributed by atoms with Gasteiger partial charge in [0, 0.05) is 43.3 Å². The fraction of sp³-hybridized carbons (Fsp3) is 0.276. The second kappa shape index (κ2) is 10.5. The van der Waals surface area contributed by atoms with E-state index in [1.54, 1.807) is 0 Å². The number of para-hydroxylation sites is 1. The van der Waals surface area contributed by atoms with Crippen molar-refractivity contribution in [3.8, 4) is 11.1 Å². The monoisotopic (exact) mass is 423 g/mol. The van der Waals surface area contributed by atoms with Gasteiger partial charge in [-0.25, -0.2) is 0 Å². The van der Waals surface area contributed by atoms with Crippen molar-refractivity contribution in [1.29, 1.82) is 0 Å². The minimum Gasteiger partial charge on any atom is -0.318 e. The molecule has 0 unspecified atom stereocenters. The topological polar surface area (TPSA) is 28.2 Å². The number of aryl methyl sites for hydroxylation is 2. The van der Waals surface area contributed by atoms with Gasteiger partial charge in [-0.15, -0.1) is 0 Å². The molecule has 0 spiro atoms. The number of rotatable bonds is 9. The third kappa shape index (κ3) is 5.24. The van der Waals surface area contributed by atoms with Crippen LogP contribution in [0, 0.1) is 13.8 Å². The first kappa shape index (κ1) is 22.2. The molecule has 4 aromatic rings. The van der Waals surface area contributed by atoms with Crippen LogP contribution in [0.1, 0.15) is 22.3 Å². The standard InChI is InChI=1S/C29H33N3/c1-22-7-4-8-23(2)28(22)21-32(20-18-30-3)19-16-24-12-14-25(15-13-24)27-11-5-9-26-10-6-17-31-29(26)27/h4-15,17,30H,16,18-21H2,1-3H3. The van der Waals surface area contributed by atoms with Crippen molar-refractivity contribution in [3.05, 3.63) is 101 Å².